The van der Waals surface area contributed by atoms with Crippen LogP contribution in [0.2, 0.25) is 0 Å². The second-order valence-corrected chi connectivity index (χ2v) is 19.5. The molecule has 10 rings (SSSR count). The third-order valence-electron chi connectivity index (χ3n) is 13.8. The van der Waals surface area contributed by atoms with E-state index in [9.17, 15) is 0 Å². The van der Waals surface area contributed by atoms with E-state index in [0.717, 1.165) is 56.7 Å². The molecule has 0 N–H and O–H groups in total. The fourth-order valence-electron chi connectivity index (χ4n) is 9.77. The molecule has 0 amide bonds. The topological polar surface area (TPSA) is 120 Å². The minimum Gasteiger partial charge on any atom is -0.440 e. The molecule has 4 aromatic heterocycles. The van der Waals surface area contributed by atoms with Crippen molar-refractivity contribution in [2.75, 3.05) is 50.8 Å². The van der Waals surface area contributed by atoms with Crippen molar-refractivity contribution in [1.29, 1.82) is 0 Å². The molecule has 6 heterocycles. The van der Waals surface area contributed by atoms with E-state index in [4.69, 9.17) is 8.83 Å². The number of hydrogen-bond donors (Lipinski definition) is 0. The third kappa shape index (κ3) is 8.89. The van der Waals surface area contributed by atoms with Gasteiger partial charge in [-0.15, -0.1) is 20.4 Å². The lowest BCUT2D eigenvalue weighted by atomic mass is 9.88. The van der Waals surface area contributed by atoms with Crippen molar-refractivity contribution in [1.82, 2.24) is 49.3 Å². The highest BCUT2D eigenvalue weighted by Gasteiger charge is 2.56. The van der Waals surface area contributed by atoms with Gasteiger partial charge in [0.15, 0.2) is 34.6 Å². The smallest absolute Gasteiger partial charge is 0.202 e. The highest BCUT2D eigenvalue weighted by molar-refractivity contribution is 7.99. The molecule has 0 radical (unpaired) electrons. The van der Waals surface area contributed by atoms with E-state index < -0.39 is 0 Å². The first kappa shape index (κ1) is 41.1. The van der Waals surface area contributed by atoms with Crippen LogP contribution in [0.4, 0.5) is 0 Å². The van der Waals surface area contributed by atoms with Crippen molar-refractivity contribution in [2.24, 2.45) is 24.9 Å². The summed E-state index contributed by atoms with van der Waals surface area (Å²) in [6, 6.07) is 22.2. The molecule has 2 aliphatic heterocycles. The Morgan fingerprint density at radius 1 is 0.583 bits per heavy atom. The number of hydrogen-bond acceptors (Lipinski definition) is 12. The molecular formula is C46H58N10O2S2. The summed E-state index contributed by atoms with van der Waals surface area (Å²) in [5.74, 6) is 6.59. The molecule has 2 spiro atoms. The van der Waals surface area contributed by atoms with Crippen LogP contribution in [0.15, 0.2) is 92.6 Å². The first-order chi connectivity index (χ1) is 29.3. The zero-order valence-corrected chi connectivity index (χ0v) is 37.1. The Morgan fingerprint density at radius 2 is 0.983 bits per heavy atom. The highest BCUT2D eigenvalue weighted by atomic mass is 32.2. The summed E-state index contributed by atoms with van der Waals surface area (Å²) in [6.45, 7) is 11.2. The maximum absolute atomic E-state index is 5.46. The lowest BCUT2D eigenvalue weighted by Gasteiger charge is -2.33. The summed E-state index contributed by atoms with van der Waals surface area (Å²) >= 11 is 3.54. The molecule has 60 heavy (non-hydrogen) atoms. The van der Waals surface area contributed by atoms with Gasteiger partial charge in [-0.1, -0.05) is 84.2 Å². The largest absolute Gasteiger partial charge is 0.440 e. The molecule has 4 fully saturated rings. The van der Waals surface area contributed by atoms with Gasteiger partial charge >= 0.3 is 0 Å². The van der Waals surface area contributed by atoms with Gasteiger partial charge in [0, 0.05) is 25.6 Å². The first-order valence-electron chi connectivity index (χ1n) is 21.7. The molecule has 2 aliphatic carbocycles. The molecule has 0 bridgehead atoms. The molecule has 316 valence electrons. The van der Waals surface area contributed by atoms with Crippen LogP contribution < -0.4 is 0 Å². The molecule has 0 unspecified atom stereocenters. The second-order valence-electron chi connectivity index (χ2n) is 17.4. The van der Waals surface area contributed by atoms with Crippen molar-refractivity contribution < 1.29 is 8.83 Å². The van der Waals surface area contributed by atoms with E-state index in [-0.39, 0.29) is 0 Å². The maximum atomic E-state index is 5.46. The molecule has 4 aliphatic rings. The van der Waals surface area contributed by atoms with Crippen LogP contribution in [-0.4, -0.2) is 100 Å². The van der Waals surface area contributed by atoms with Crippen LogP contribution in [0, 0.1) is 24.7 Å². The van der Waals surface area contributed by atoms with Crippen LogP contribution in [-0.2, 0) is 14.1 Å². The molecule has 14 heteroatoms. The fourth-order valence-corrected chi connectivity index (χ4v) is 11.4. The number of aromatic nitrogens is 8. The molecule has 2 atom stereocenters. The quantitative estimate of drug-likeness (QED) is 0.0769. The second kappa shape index (κ2) is 18.0. The van der Waals surface area contributed by atoms with Gasteiger partial charge in [0.25, 0.3) is 0 Å². The van der Waals surface area contributed by atoms with Gasteiger partial charge in [0.05, 0.1) is 11.4 Å². The van der Waals surface area contributed by atoms with E-state index in [0.29, 0.717) is 22.4 Å². The van der Waals surface area contributed by atoms with Gasteiger partial charge in [-0.05, 0) is 138 Å². The number of benzene rings is 2. The Labute approximate surface area is 362 Å². The van der Waals surface area contributed by atoms with Crippen LogP contribution >= 0.6 is 23.5 Å². The number of piperidine rings is 2. The van der Waals surface area contributed by atoms with Crippen LogP contribution in [0.5, 0.6) is 0 Å². The molecular weight excluding hydrogens is 789 g/mol. The molecule has 12 nitrogen and oxygen atoms in total. The summed E-state index contributed by atoms with van der Waals surface area (Å²) in [4.78, 5) is 13.6. The Morgan fingerprint density at radius 3 is 1.35 bits per heavy atom. The standard InChI is InChI=1S/2C23H29N5OS/c2*1-17-20(29-16-24-17)21-25-26-22(27(21)2)30-14-6-11-28-12-9-23(10-13-28)15-19(23)18-7-4-3-5-8-18/h2*3-5,7-8,16,19H,6,9-15H2,1-2H3/t2*19-/m10/s1. The monoisotopic (exact) mass is 846 g/mol. The van der Waals surface area contributed by atoms with E-state index in [1.807, 2.05) is 37.1 Å². The lowest BCUT2D eigenvalue weighted by Crippen LogP contribution is -2.35. The lowest BCUT2D eigenvalue weighted by molar-refractivity contribution is 0.170. The van der Waals surface area contributed by atoms with Gasteiger partial charge in [0.2, 0.25) is 11.6 Å². The summed E-state index contributed by atoms with van der Waals surface area (Å²) in [5.41, 5.74) is 5.98. The van der Waals surface area contributed by atoms with Crippen molar-refractivity contribution in [3.63, 3.8) is 0 Å². The van der Waals surface area contributed by atoms with E-state index in [1.165, 1.54) is 103 Å². The summed E-state index contributed by atoms with van der Waals surface area (Å²) in [6.07, 6.45) is 13.4. The van der Waals surface area contributed by atoms with Crippen LogP contribution in [0.25, 0.3) is 23.2 Å². The van der Waals surface area contributed by atoms with E-state index in [1.54, 1.807) is 34.7 Å². The van der Waals surface area contributed by atoms with E-state index in [2.05, 4.69) is 101 Å². The Kier molecular flexibility index (Phi) is 12.3. The maximum Gasteiger partial charge on any atom is 0.202 e. The average molecular weight is 847 g/mol. The van der Waals surface area contributed by atoms with Gasteiger partial charge in [-0.2, -0.15) is 0 Å². The van der Waals surface area contributed by atoms with Crippen LogP contribution in [0.1, 0.15) is 85.7 Å². The van der Waals surface area contributed by atoms with Crippen molar-refractivity contribution in [3.05, 3.63) is 96.0 Å². The third-order valence-corrected chi connectivity index (χ3v) is 16.0. The summed E-state index contributed by atoms with van der Waals surface area (Å²) in [5, 5.41) is 19.1. The molecule has 6 aromatic rings. The zero-order chi connectivity index (χ0) is 41.1. The molecule has 2 saturated heterocycles. The minimum absolute atomic E-state index is 0.598. The number of thioether (sulfide) groups is 2. The zero-order valence-electron chi connectivity index (χ0n) is 35.5. The van der Waals surface area contributed by atoms with Gasteiger partial charge < -0.3 is 27.8 Å². The number of oxazole rings is 2. The fraction of sp³-hybridized carbons (Fsp3) is 0.522. The average Bonchev–Trinajstić information content (AvgIpc) is 3.78. The van der Waals surface area contributed by atoms with Crippen molar-refractivity contribution in [3.8, 4) is 23.2 Å². The summed E-state index contributed by atoms with van der Waals surface area (Å²) < 4.78 is 14.9. The van der Waals surface area contributed by atoms with Crippen LogP contribution in [0.3, 0.4) is 0 Å². The predicted octanol–water partition coefficient (Wildman–Crippen LogP) is 9.06. The Bertz CT molecular complexity index is 2140. The highest BCUT2D eigenvalue weighted by Crippen LogP contribution is 2.65. The van der Waals surface area contributed by atoms with Crippen molar-refractivity contribution in [2.45, 2.75) is 87.4 Å². The van der Waals surface area contributed by atoms with Gasteiger partial charge in [-0.3, -0.25) is 0 Å². The number of nitrogens with zero attached hydrogens (tertiary/aromatic N) is 10. The van der Waals surface area contributed by atoms with Gasteiger partial charge in [-0.25, -0.2) is 9.97 Å². The Hall–Kier alpha value is -4.24. The predicted molar refractivity (Wildman–Crippen MR) is 237 cm³/mol. The van der Waals surface area contributed by atoms with Gasteiger partial charge in [0.1, 0.15) is 0 Å². The van der Waals surface area contributed by atoms with E-state index >= 15 is 0 Å². The van der Waals surface area contributed by atoms with Crippen molar-refractivity contribution >= 4 is 23.5 Å². The number of likely N-dealkylation sites (tertiary alicyclic amines) is 2. The molecule has 2 aromatic carbocycles. The Balaban J connectivity index is 0.000000154. The normalized spacial score (nSPS) is 20.7. The molecule has 2 saturated carbocycles. The first-order valence-corrected chi connectivity index (χ1v) is 23.7. The number of rotatable bonds is 14. The SMILES string of the molecule is Cc1ncoc1-c1nnc(SCCCN2CCC3(CC2)C[C@@H]3c2ccccc2)n1C.Cc1ncoc1-c1nnc(SCCCN2CCC3(CC2)C[C@H]3c2ccccc2)n1C. The minimum atomic E-state index is 0.598. The number of aryl methyl sites for hydroxylation is 2. The summed E-state index contributed by atoms with van der Waals surface area (Å²) in [7, 11) is 3.98.